The maximum absolute atomic E-state index is 9.15. The molecule has 0 saturated carbocycles. The molecule has 0 radical (unpaired) electrons. The maximum atomic E-state index is 9.15. The Labute approximate surface area is 113 Å². The van der Waals surface area contributed by atoms with Crippen molar-refractivity contribution in [2.75, 3.05) is 0 Å². The van der Waals surface area contributed by atoms with E-state index in [1.807, 2.05) is 54.6 Å². The van der Waals surface area contributed by atoms with Crippen LogP contribution in [0.2, 0.25) is 0 Å². The van der Waals surface area contributed by atoms with E-state index in [4.69, 9.17) is 5.21 Å². The van der Waals surface area contributed by atoms with Crippen LogP contribution in [-0.2, 0) is 0 Å². The predicted octanol–water partition coefficient (Wildman–Crippen LogP) is 3.35. The molecule has 0 aliphatic rings. The van der Waals surface area contributed by atoms with Crippen LogP contribution in [0, 0.1) is 3.57 Å². The minimum absolute atomic E-state index is 0.440. The molecule has 17 heavy (non-hydrogen) atoms. The monoisotopic (exact) mass is 338 g/mol. The number of halogens is 1. The van der Waals surface area contributed by atoms with Gasteiger partial charge in [0.2, 0.25) is 0 Å². The lowest BCUT2D eigenvalue weighted by atomic mass is 10.2. The van der Waals surface area contributed by atoms with Crippen LogP contribution in [0.1, 0.15) is 5.56 Å². The van der Waals surface area contributed by atoms with Crippen molar-refractivity contribution in [3.8, 4) is 0 Å². The van der Waals surface area contributed by atoms with E-state index in [2.05, 4.69) is 33.1 Å². The van der Waals surface area contributed by atoms with Crippen LogP contribution in [0.15, 0.2) is 59.6 Å². The highest BCUT2D eigenvalue weighted by molar-refractivity contribution is 14.1. The first-order valence-corrected chi connectivity index (χ1v) is 6.18. The maximum Gasteiger partial charge on any atom is 0.157 e. The van der Waals surface area contributed by atoms with Crippen LogP contribution in [0.25, 0.3) is 0 Å². The standard InChI is InChI=1S/C13H11IN2O/c14-11-8-4-5-9-12(11)15-13(16-17)10-6-2-1-3-7-10/h1-9,17H,(H,15,16). The SMILES string of the molecule is ONC(=Nc1ccccc1I)c1ccccc1. The lowest BCUT2D eigenvalue weighted by Gasteiger charge is -2.05. The van der Waals surface area contributed by atoms with Crippen molar-refractivity contribution < 1.29 is 5.21 Å². The van der Waals surface area contributed by atoms with Crippen LogP contribution in [-0.4, -0.2) is 11.0 Å². The number of aliphatic imine (C=N–C) groups is 1. The van der Waals surface area contributed by atoms with Crippen LogP contribution < -0.4 is 5.48 Å². The number of amidine groups is 1. The van der Waals surface area contributed by atoms with Gasteiger partial charge >= 0.3 is 0 Å². The van der Waals surface area contributed by atoms with Gasteiger partial charge in [-0.15, -0.1) is 0 Å². The Bertz CT molecular complexity index is 526. The lowest BCUT2D eigenvalue weighted by Crippen LogP contribution is -2.19. The number of benzene rings is 2. The first kappa shape index (κ1) is 12.1. The molecule has 4 heteroatoms. The van der Waals surface area contributed by atoms with E-state index in [1.165, 1.54) is 0 Å². The molecule has 0 spiro atoms. The van der Waals surface area contributed by atoms with E-state index in [0.717, 1.165) is 14.8 Å². The normalized spacial score (nSPS) is 11.3. The fourth-order valence-electron chi connectivity index (χ4n) is 1.41. The van der Waals surface area contributed by atoms with Crippen molar-refractivity contribution in [2.24, 2.45) is 4.99 Å². The van der Waals surface area contributed by atoms with Crippen LogP contribution >= 0.6 is 22.6 Å². The molecule has 0 saturated heterocycles. The summed E-state index contributed by atoms with van der Waals surface area (Å²) in [5, 5.41) is 9.15. The van der Waals surface area contributed by atoms with Crippen molar-refractivity contribution in [1.29, 1.82) is 0 Å². The molecule has 0 atom stereocenters. The van der Waals surface area contributed by atoms with E-state index in [9.17, 15) is 0 Å². The highest BCUT2D eigenvalue weighted by Gasteiger charge is 2.03. The van der Waals surface area contributed by atoms with E-state index in [1.54, 1.807) is 0 Å². The molecule has 0 aromatic heterocycles. The predicted molar refractivity (Wildman–Crippen MR) is 76.7 cm³/mol. The minimum Gasteiger partial charge on any atom is -0.290 e. The molecule has 0 amide bonds. The number of nitrogens with zero attached hydrogens (tertiary/aromatic N) is 1. The average molecular weight is 338 g/mol. The molecule has 3 nitrogen and oxygen atoms in total. The Hall–Kier alpha value is -1.40. The lowest BCUT2D eigenvalue weighted by molar-refractivity contribution is 0.235. The van der Waals surface area contributed by atoms with E-state index in [0.29, 0.717) is 5.84 Å². The van der Waals surface area contributed by atoms with Crippen molar-refractivity contribution in [1.82, 2.24) is 5.48 Å². The highest BCUT2D eigenvalue weighted by Crippen LogP contribution is 2.21. The van der Waals surface area contributed by atoms with Gasteiger partial charge in [0.25, 0.3) is 0 Å². The number of hydroxylamine groups is 1. The summed E-state index contributed by atoms with van der Waals surface area (Å²) in [6.45, 7) is 0. The van der Waals surface area contributed by atoms with Gasteiger partial charge in [0, 0.05) is 9.13 Å². The molecule has 0 fully saturated rings. The summed E-state index contributed by atoms with van der Waals surface area (Å²) in [5.41, 5.74) is 3.81. The second-order valence-corrected chi connectivity index (χ2v) is 4.55. The Balaban J connectivity index is 2.40. The molecule has 0 bridgehead atoms. The fraction of sp³-hybridized carbons (Fsp3) is 0. The molecule has 0 aliphatic carbocycles. The third-order valence-electron chi connectivity index (χ3n) is 2.24. The van der Waals surface area contributed by atoms with Crippen molar-refractivity contribution >= 4 is 34.1 Å². The number of para-hydroxylation sites is 1. The third kappa shape index (κ3) is 3.04. The molecule has 2 aromatic rings. The summed E-state index contributed by atoms with van der Waals surface area (Å²) >= 11 is 2.21. The van der Waals surface area contributed by atoms with Gasteiger partial charge in [-0.05, 0) is 34.7 Å². The summed E-state index contributed by atoms with van der Waals surface area (Å²) in [6, 6.07) is 17.2. The summed E-state index contributed by atoms with van der Waals surface area (Å²) in [5.74, 6) is 0.440. The number of hydrogen-bond acceptors (Lipinski definition) is 2. The summed E-state index contributed by atoms with van der Waals surface area (Å²) in [6.07, 6.45) is 0. The Morgan fingerprint density at radius 1 is 1.00 bits per heavy atom. The number of hydrogen-bond donors (Lipinski definition) is 2. The molecule has 0 aliphatic heterocycles. The minimum atomic E-state index is 0.440. The van der Waals surface area contributed by atoms with Crippen molar-refractivity contribution in [3.63, 3.8) is 0 Å². The second kappa shape index (κ2) is 5.79. The van der Waals surface area contributed by atoms with E-state index >= 15 is 0 Å². The fourth-order valence-corrected chi connectivity index (χ4v) is 1.92. The Morgan fingerprint density at radius 3 is 2.29 bits per heavy atom. The van der Waals surface area contributed by atoms with Gasteiger partial charge < -0.3 is 0 Å². The quantitative estimate of drug-likeness (QED) is 0.382. The molecule has 2 N–H and O–H groups in total. The molecule has 0 unspecified atom stereocenters. The third-order valence-corrected chi connectivity index (χ3v) is 3.15. The van der Waals surface area contributed by atoms with Gasteiger partial charge in [-0.3, -0.25) is 10.7 Å². The van der Waals surface area contributed by atoms with Crippen LogP contribution in [0.3, 0.4) is 0 Å². The Morgan fingerprint density at radius 2 is 1.65 bits per heavy atom. The van der Waals surface area contributed by atoms with Gasteiger partial charge in [-0.2, -0.15) is 0 Å². The molecular formula is C13H11IN2O. The van der Waals surface area contributed by atoms with Crippen LogP contribution in [0.5, 0.6) is 0 Å². The molecular weight excluding hydrogens is 327 g/mol. The topological polar surface area (TPSA) is 44.6 Å². The summed E-state index contributed by atoms with van der Waals surface area (Å²) in [7, 11) is 0. The summed E-state index contributed by atoms with van der Waals surface area (Å²) in [4.78, 5) is 4.39. The molecule has 2 rings (SSSR count). The molecule has 2 aromatic carbocycles. The smallest absolute Gasteiger partial charge is 0.157 e. The van der Waals surface area contributed by atoms with Gasteiger partial charge in [0.15, 0.2) is 5.84 Å². The largest absolute Gasteiger partial charge is 0.290 e. The zero-order chi connectivity index (χ0) is 12.1. The Kier molecular flexibility index (Phi) is 4.11. The van der Waals surface area contributed by atoms with Crippen molar-refractivity contribution in [2.45, 2.75) is 0 Å². The van der Waals surface area contributed by atoms with Gasteiger partial charge in [-0.25, -0.2) is 4.99 Å². The van der Waals surface area contributed by atoms with Crippen molar-refractivity contribution in [3.05, 3.63) is 63.7 Å². The zero-order valence-corrected chi connectivity index (χ0v) is 11.1. The zero-order valence-electron chi connectivity index (χ0n) is 8.97. The summed E-state index contributed by atoms with van der Waals surface area (Å²) < 4.78 is 1.04. The first-order valence-electron chi connectivity index (χ1n) is 5.10. The highest BCUT2D eigenvalue weighted by atomic mass is 127. The van der Waals surface area contributed by atoms with Gasteiger partial charge in [-0.1, -0.05) is 42.5 Å². The number of nitrogens with one attached hydrogen (secondary N) is 1. The van der Waals surface area contributed by atoms with Gasteiger partial charge in [0.05, 0.1) is 5.69 Å². The first-order chi connectivity index (χ1) is 8.31. The molecule has 86 valence electrons. The average Bonchev–Trinajstić information content (AvgIpc) is 2.39. The van der Waals surface area contributed by atoms with Gasteiger partial charge in [0.1, 0.15) is 0 Å². The molecule has 0 heterocycles. The van der Waals surface area contributed by atoms with Crippen LogP contribution in [0.4, 0.5) is 5.69 Å². The van der Waals surface area contributed by atoms with E-state index in [-0.39, 0.29) is 0 Å². The second-order valence-electron chi connectivity index (χ2n) is 3.39. The number of rotatable bonds is 2. The van der Waals surface area contributed by atoms with E-state index < -0.39 is 0 Å².